The Kier molecular flexibility index (Phi) is 11.4. The van der Waals surface area contributed by atoms with E-state index in [1.807, 2.05) is 0 Å². The lowest BCUT2D eigenvalue weighted by Crippen LogP contribution is -2.36. The average Bonchev–Trinajstić information content (AvgIpc) is 3.45. The molecule has 2 aromatic rings. The maximum absolute atomic E-state index is 13.1. The number of aryl methyl sites for hydroxylation is 1. The number of carbonyl (C=O) groups excluding carboxylic acids is 2. The van der Waals surface area contributed by atoms with Crippen LogP contribution in [0.25, 0.3) is 0 Å². The number of ether oxygens (including phenoxy) is 4. The first kappa shape index (κ1) is 36.8. The molecule has 2 fully saturated rings. The zero-order valence-corrected chi connectivity index (χ0v) is 27.5. The minimum atomic E-state index is -4.70. The van der Waals surface area contributed by atoms with Crippen molar-refractivity contribution in [1.82, 2.24) is 14.9 Å². The van der Waals surface area contributed by atoms with Crippen molar-refractivity contribution in [2.24, 2.45) is 0 Å². The van der Waals surface area contributed by atoms with Crippen LogP contribution in [0.15, 0.2) is 35.3 Å². The molecule has 2 amide bonds. The maximum Gasteiger partial charge on any atom is 0.407 e. The molecule has 18 nitrogen and oxygen atoms in total. The second kappa shape index (κ2) is 14.6. The van der Waals surface area contributed by atoms with Gasteiger partial charge in [-0.1, -0.05) is 12.1 Å². The Morgan fingerprint density at radius 2 is 1.74 bits per heavy atom. The summed E-state index contributed by atoms with van der Waals surface area (Å²) in [6, 6.07) is 5.19. The number of nitrogens with one attached hydrogen (secondary N) is 2. The third-order valence-electron chi connectivity index (χ3n) is 7.51. The summed E-state index contributed by atoms with van der Waals surface area (Å²) in [5.74, 6) is -1.65. The number of benzene rings is 1. The van der Waals surface area contributed by atoms with Gasteiger partial charge < -0.3 is 54.3 Å². The van der Waals surface area contributed by atoms with Crippen molar-refractivity contribution in [2.45, 2.75) is 82.6 Å². The molecular weight excluding hydrogens is 666 g/mol. The van der Waals surface area contributed by atoms with E-state index in [0.717, 1.165) is 4.57 Å². The molecule has 2 saturated heterocycles. The number of anilines is 1. The van der Waals surface area contributed by atoms with Gasteiger partial charge in [-0.2, -0.15) is 4.98 Å². The minimum Gasteiger partial charge on any atom is -0.445 e. The molecule has 5 atom stereocenters. The standard InChI is InChI=1S/C27H38N4O14P2/c1-15(33)29-23-17(12-31(25(34)30-23)24-22-21(20(13-32)43-24)44-27(2,3)45-22)6-9-19(47(39,40)41)10-11-28-26(35)42-14-16-4-7-18(8-5-16)46(36,37)38/h4-5,7-8,12,19-22,24,32H,6,9-11,13-14H2,1-3H3,(H,28,35)(H2,36,37,38)(H2,39,40,41)(H,29,30,33,34)/t19?,20-,21-,22-,24-/m1/s1. The number of nitrogens with zero attached hydrogens (tertiary/aromatic N) is 2. The number of carbonyl (C=O) groups is 2. The van der Waals surface area contributed by atoms with E-state index in [9.17, 15) is 48.2 Å². The van der Waals surface area contributed by atoms with Gasteiger partial charge in [-0.15, -0.1) is 0 Å². The number of fused-ring (bicyclic) bond motifs is 1. The molecule has 1 aromatic heterocycles. The van der Waals surface area contributed by atoms with Crippen LogP contribution >= 0.6 is 15.2 Å². The molecule has 0 aliphatic carbocycles. The Labute approximate surface area is 268 Å². The van der Waals surface area contributed by atoms with E-state index in [2.05, 4.69) is 15.6 Å². The van der Waals surface area contributed by atoms with E-state index in [0.29, 0.717) is 5.56 Å². The third kappa shape index (κ3) is 9.54. The van der Waals surface area contributed by atoms with Crippen molar-refractivity contribution in [3.05, 3.63) is 52.1 Å². The van der Waals surface area contributed by atoms with E-state index < -0.39 is 75.5 Å². The van der Waals surface area contributed by atoms with E-state index in [1.54, 1.807) is 13.8 Å². The molecule has 4 rings (SSSR count). The van der Waals surface area contributed by atoms with Gasteiger partial charge in [0.05, 0.1) is 17.6 Å². The largest absolute Gasteiger partial charge is 0.445 e. The highest BCUT2D eigenvalue weighted by Crippen LogP contribution is 2.46. The molecule has 0 spiro atoms. The summed E-state index contributed by atoms with van der Waals surface area (Å²) in [6.07, 6.45) is -3.20. The molecule has 47 heavy (non-hydrogen) atoms. The van der Waals surface area contributed by atoms with Crippen molar-refractivity contribution in [3.8, 4) is 0 Å². The SMILES string of the molecule is CC(=O)Nc1nc(=O)n([C@@H]2O[C@H](CO)[C@H]3OC(C)(C)O[C@H]32)cc1CCC(CCNC(=O)OCc1ccc(P(=O)(O)O)cc1)P(=O)(O)O. The monoisotopic (exact) mass is 704 g/mol. The lowest BCUT2D eigenvalue weighted by Gasteiger charge is -2.25. The van der Waals surface area contributed by atoms with Gasteiger partial charge in [0.2, 0.25) is 5.91 Å². The van der Waals surface area contributed by atoms with Crippen LogP contribution in [0, 0.1) is 0 Å². The molecule has 0 radical (unpaired) electrons. The van der Waals surface area contributed by atoms with Crippen molar-refractivity contribution in [1.29, 1.82) is 0 Å². The fraction of sp³-hybridized carbons (Fsp3) is 0.556. The fourth-order valence-electron chi connectivity index (χ4n) is 5.31. The molecule has 1 unspecified atom stereocenters. The van der Waals surface area contributed by atoms with E-state index in [-0.39, 0.29) is 49.1 Å². The Hall–Kier alpha value is -3.02. The van der Waals surface area contributed by atoms with Crippen LogP contribution in [0.5, 0.6) is 0 Å². The van der Waals surface area contributed by atoms with Gasteiger partial charge in [0.1, 0.15) is 30.7 Å². The van der Waals surface area contributed by atoms with Crippen LogP contribution in [-0.4, -0.2) is 89.1 Å². The summed E-state index contributed by atoms with van der Waals surface area (Å²) in [5.41, 5.74) is -1.33. The van der Waals surface area contributed by atoms with E-state index >= 15 is 0 Å². The first-order chi connectivity index (χ1) is 21.9. The van der Waals surface area contributed by atoms with Crippen molar-refractivity contribution in [2.75, 3.05) is 18.5 Å². The zero-order valence-electron chi connectivity index (χ0n) is 25.7. The predicted molar refractivity (Wildman–Crippen MR) is 163 cm³/mol. The maximum atomic E-state index is 13.1. The molecule has 7 N–H and O–H groups in total. The van der Waals surface area contributed by atoms with Gasteiger partial charge in [-0.3, -0.25) is 18.5 Å². The lowest BCUT2D eigenvalue weighted by atomic mass is 10.1. The average molecular weight is 705 g/mol. The Bertz CT molecular complexity index is 1610. The Morgan fingerprint density at radius 1 is 1.09 bits per heavy atom. The van der Waals surface area contributed by atoms with Gasteiger partial charge in [-0.05, 0) is 50.8 Å². The van der Waals surface area contributed by atoms with Gasteiger partial charge in [-0.25, -0.2) is 9.59 Å². The van der Waals surface area contributed by atoms with Crippen LogP contribution in [0.3, 0.4) is 0 Å². The normalized spacial score (nSPS) is 22.8. The number of rotatable bonds is 13. The first-order valence-electron chi connectivity index (χ1n) is 14.5. The molecule has 0 bridgehead atoms. The molecule has 2 aliphatic heterocycles. The summed E-state index contributed by atoms with van der Waals surface area (Å²) in [4.78, 5) is 79.5. The number of hydrogen-bond acceptors (Lipinski definition) is 11. The molecule has 0 saturated carbocycles. The molecular formula is C27H38N4O14P2. The summed E-state index contributed by atoms with van der Waals surface area (Å²) >= 11 is 0. The van der Waals surface area contributed by atoms with Crippen LogP contribution < -0.4 is 21.6 Å². The summed E-state index contributed by atoms with van der Waals surface area (Å²) in [6.45, 7) is 3.76. The molecule has 20 heteroatoms. The number of amides is 2. The quantitative estimate of drug-likeness (QED) is 0.137. The minimum absolute atomic E-state index is 0.0547. The fourth-order valence-corrected chi connectivity index (χ4v) is 6.78. The summed E-state index contributed by atoms with van der Waals surface area (Å²) in [5, 5.41) is 14.5. The second-order valence-electron chi connectivity index (χ2n) is 11.6. The van der Waals surface area contributed by atoms with Crippen LogP contribution in [-0.2, 0) is 45.9 Å². The van der Waals surface area contributed by atoms with Crippen molar-refractivity contribution in [3.63, 3.8) is 0 Å². The van der Waals surface area contributed by atoms with Crippen molar-refractivity contribution >= 4 is 38.3 Å². The second-order valence-corrected chi connectivity index (χ2v) is 15.1. The first-order valence-corrected chi connectivity index (χ1v) is 17.8. The van der Waals surface area contributed by atoms with E-state index in [4.69, 9.17) is 18.9 Å². The van der Waals surface area contributed by atoms with Crippen LogP contribution in [0.2, 0.25) is 0 Å². The predicted octanol–water partition coefficient (Wildman–Crippen LogP) is 0.210. The molecule has 260 valence electrons. The Balaban J connectivity index is 1.42. The van der Waals surface area contributed by atoms with Crippen molar-refractivity contribution < 1.29 is 62.3 Å². The highest BCUT2D eigenvalue weighted by Gasteiger charge is 2.56. The number of aromatic nitrogens is 2. The third-order valence-corrected chi connectivity index (χ3v) is 9.95. The molecule has 1 aromatic carbocycles. The lowest BCUT2D eigenvalue weighted by molar-refractivity contribution is -0.200. The van der Waals surface area contributed by atoms with Gasteiger partial charge in [0.25, 0.3) is 0 Å². The molecule has 3 heterocycles. The van der Waals surface area contributed by atoms with Gasteiger partial charge in [0, 0.05) is 25.2 Å². The highest BCUT2D eigenvalue weighted by molar-refractivity contribution is 7.60. The number of hydrogen-bond donors (Lipinski definition) is 7. The van der Waals surface area contributed by atoms with Gasteiger partial charge in [0.15, 0.2) is 12.0 Å². The summed E-state index contributed by atoms with van der Waals surface area (Å²) in [7, 11) is -9.12. The Morgan fingerprint density at radius 3 is 2.34 bits per heavy atom. The van der Waals surface area contributed by atoms with Gasteiger partial charge >= 0.3 is 27.0 Å². The number of aliphatic hydroxyl groups is 1. The summed E-state index contributed by atoms with van der Waals surface area (Å²) < 4.78 is 47.5. The van der Waals surface area contributed by atoms with Crippen LogP contribution in [0.1, 0.15) is 51.0 Å². The molecule has 2 aliphatic rings. The smallest absolute Gasteiger partial charge is 0.407 e. The highest BCUT2D eigenvalue weighted by atomic mass is 31.2. The number of alkyl carbamates (subject to hydrolysis) is 1. The topological polar surface area (TPSA) is 265 Å². The van der Waals surface area contributed by atoms with E-state index in [1.165, 1.54) is 37.4 Å². The number of aliphatic hydroxyl groups excluding tert-OH is 1. The van der Waals surface area contributed by atoms with Crippen LogP contribution in [0.4, 0.5) is 10.6 Å². The zero-order chi connectivity index (χ0) is 34.7.